The van der Waals surface area contributed by atoms with Crippen molar-refractivity contribution in [2.75, 3.05) is 36.4 Å². The molecule has 2 aromatic carbocycles. The van der Waals surface area contributed by atoms with Gasteiger partial charge in [0.2, 0.25) is 5.13 Å². The number of urea groups is 1. The first-order chi connectivity index (χ1) is 13.7. The summed E-state index contributed by atoms with van der Waals surface area (Å²) >= 11 is 1.36. The van der Waals surface area contributed by atoms with Crippen LogP contribution in [0.3, 0.4) is 0 Å². The summed E-state index contributed by atoms with van der Waals surface area (Å²) in [7, 11) is 0. The third-order valence-electron chi connectivity index (χ3n) is 4.60. The van der Waals surface area contributed by atoms with E-state index in [1.54, 1.807) is 12.1 Å². The Bertz CT molecular complexity index is 923. The van der Waals surface area contributed by atoms with Gasteiger partial charge in [0.25, 0.3) is 0 Å². The Balaban J connectivity index is 1.31. The predicted molar refractivity (Wildman–Crippen MR) is 108 cm³/mol. The molecule has 6 nitrogen and oxygen atoms in total. The summed E-state index contributed by atoms with van der Waals surface area (Å²) in [6.45, 7) is 2.69. The normalized spacial score (nSPS) is 14.2. The van der Waals surface area contributed by atoms with Crippen LogP contribution in [-0.2, 0) is 6.42 Å². The Morgan fingerprint density at radius 1 is 1.04 bits per heavy atom. The Hall–Kier alpha value is -3.00. The van der Waals surface area contributed by atoms with Crippen LogP contribution in [0.5, 0.6) is 0 Å². The molecule has 1 saturated heterocycles. The lowest BCUT2D eigenvalue weighted by Crippen LogP contribution is -2.50. The van der Waals surface area contributed by atoms with E-state index >= 15 is 0 Å². The average molecular weight is 397 g/mol. The smallest absolute Gasteiger partial charge is 0.321 e. The minimum absolute atomic E-state index is 0.0832. The van der Waals surface area contributed by atoms with Crippen LogP contribution in [0.15, 0.2) is 54.6 Å². The highest BCUT2D eigenvalue weighted by molar-refractivity contribution is 7.09. The molecule has 0 aliphatic carbocycles. The van der Waals surface area contributed by atoms with Crippen molar-refractivity contribution in [1.82, 2.24) is 14.3 Å². The van der Waals surface area contributed by atoms with Gasteiger partial charge in [-0.25, -0.2) is 14.2 Å². The summed E-state index contributed by atoms with van der Waals surface area (Å²) in [6.07, 6.45) is 0.580. The summed E-state index contributed by atoms with van der Waals surface area (Å²) in [6, 6.07) is 15.8. The Labute approximate surface area is 166 Å². The van der Waals surface area contributed by atoms with Gasteiger partial charge in [-0.3, -0.25) is 0 Å². The van der Waals surface area contributed by atoms with Crippen molar-refractivity contribution in [2.45, 2.75) is 6.42 Å². The standard InChI is InChI=1S/C20H20FN5OS/c21-16-8-6-15(7-9-16)14-18-23-20(28-24-18)26-12-10-25(11-13-26)19(27)22-17-4-2-1-3-5-17/h1-9H,10-14H2,(H,22,27). The second-order valence-electron chi connectivity index (χ2n) is 6.57. The van der Waals surface area contributed by atoms with E-state index in [1.807, 2.05) is 35.2 Å². The van der Waals surface area contributed by atoms with Gasteiger partial charge in [0, 0.05) is 49.8 Å². The first-order valence-corrected chi connectivity index (χ1v) is 9.88. The van der Waals surface area contributed by atoms with Crippen molar-refractivity contribution >= 4 is 28.4 Å². The molecule has 2 heterocycles. The van der Waals surface area contributed by atoms with E-state index in [0.29, 0.717) is 32.6 Å². The lowest BCUT2D eigenvalue weighted by Gasteiger charge is -2.34. The fourth-order valence-electron chi connectivity index (χ4n) is 3.05. The molecule has 28 heavy (non-hydrogen) atoms. The number of benzene rings is 2. The molecular formula is C20H20FN5OS. The predicted octanol–water partition coefficient (Wildman–Crippen LogP) is 3.62. The highest BCUT2D eigenvalue weighted by Gasteiger charge is 2.23. The third kappa shape index (κ3) is 4.45. The van der Waals surface area contributed by atoms with Crippen molar-refractivity contribution in [3.63, 3.8) is 0 Å². The first kappa shape index (κ1) is 18.4. The van der Waals surface area contributed by atoms with Gasteiger partial charge in [-0.15, -0.1) is 0 Å². The molecule has 1 aromatic heterocycles. The molecule has 0 bridgehead atoms. The minimum Gasteiger partial charge on any atom is -0.343 e. The fourth-order valence-corrected chi connectivity index (χ4v) is 3.79. The number of nitrogens with zero attached hydrogens (tertiary/aromatic N) is 4. The zero-order valence-corrected chi connectivity index (χ0v) is 16.0. The van der Waals surface area contributed by atoms with Crippen LogP contribution < -0.4 is 10.2 Å². The Morgan fingerprint density at radius 2 is 1.75 bits per heavy atom. The van der Waals surface area contributed by atoms with Gasteiger partial charge in [0.05, 0.1) is 0 Å². The van der Waals surface area contributed by atoms with Gasteiger partial charge in [-0.1, -0.05) is 30.3 Å². The van der Waals surface area contributed by atoms with E-state index in [-0.39, 0.29) is 11.8 Å². The molecule has 3 aromatic rings. The number of nitrogens with one attached hydrogen (secondary N) is 1. The van der Waals surface area contributed by atoms with Crippen molar-refractivity contribution in [1.29, 1.82) is 0 Å². The number of anilines is 2. The summed E-state index contributed by atoms with van der Waals surface area (Å²) < 4.78 is 17.4. The zero-order valence-electron chi connectivity index (χ0n) is 15.2. The summed E-state index contributed by atoms with van der Waals surface area (Å²) in [5, 5.41) is 3.78. The van der Waals surface area contributed by atoms with Crippen molar-refractivity contribution in [2.24, 2.45) is 0 Å². The van der Waals surface area contributed by atoms with E-state index in [2.05, 4.69) is 19.6 Å². The van der Waals surface area contributed by atoms with Crippen LogP contribution in [0, 0.1) is 5.82 Å². The van der Waals surface area contributed by atoms with E-state index in [0.717, 1.165) is 22.2 Å². The van der Waals surface area contributed by atoms with Crippen LogP contribution in [0.2, 0.25) is 0 Å². The molecule has 2 amide bonds. The van der Waals surface area contributed by atoms with Crippen LogP contribution in [0.4, 0.5) is 20.0 Å². The van der Waals surface area contributed by atoms with Crippen LogP contribution in [-0.4, -0.2) is 46.5 Å². The maximum Gasteiger partial charge on any atom is 0.321 e. The zero-order chi connectivity index (χ0) is 19.3. The third-order valence-corrected chi connectivity index (χ3v) is 5.41. The summed E-state index contributed by atoms with van der Waals surface area (Å²) in [4.78, 5) is 21.0. The quantitative estimate of drug-likeness (QED) is 0.730. The van der Waals surface area contributed by atoms with Gasteiger partial charge >= 0.3 is 6.03 Å². The maximum absolute atomic E-state index is 13.0. The van der Waals surface area contributed by atoms with Crippen molar-refractivity contribution < 1.29 is 9.18 Å². The number of hydrogen-bond donors (Lipinski definition) is 1. The summed E-state index contributed by atoms with van der Waals surface area (Å²) in [5.74, 6) is 0.487. The van der Waals surface area contributed by atoms with E-state index in [9.17, 15) is 9.18 Å². The van der Waals surface area contributed by atoms with Gasteiger partial charge in [-0.05, 0) is 29.8 Å². The number of aromatic nitrogens is 2. The molecule has 1 aliphatic rings. The molecule has 0 radical (unpaired) electrons. The Morgan fingerprint density at radius 3 is 2.46 bits per heavy atom. The number of piperazine rings is 1. The van der Waals surface area contributed by atoms with E-state index < -0.39 is 0 Å². The lowest BCUT2D eigenvalue weighted by molar-refractivity contribution is 0.208. The number of carbonyl (C=O) groups excluding carboxylic acids is 1. The number of amides is 2. The average Bonchev–Trinajstić information content (AvgIpc) is 3.19. The van der Waals surface area contributed by atoms with Gasteiger partial charge in [0.1, 0.15) is 11.6 Å². The summed E-state index contributed by atoms with van der Waals surface area (Å²) in [5.41, 5.74) is 1.78. The highest BCUT2D eigenvalue weighted by Crippen LogP contribution is 2.21. The van der Waals surface area contributed by atoms with E-state index in [4.69, 9.17) is 0 Å². The van der Waals surface area contributed by atoms with Gasteiger partial charge in [-0.2, -0.15) is 4.37 Å². The largest absolute Gasteiger partial charge is 0.343 e. The molecule has 0 atom stereocenters. The second-order valence-corrected chi connectivity index (χ2v) is 7.30. The van der Waals surface area contributed by atoms with Crippen molar-refractivity contribution in [3.05, 3.63) is 71.8 Å². The maximum atomic E-state index is 13.0. The fraction of sp³-hybridized carbons (Fsp3) is 0.250. The number of para-hydroxylation sites is 1. The molecule has 1 aliphatic heterocycles. The monoisotopic (exact) mass is 397 g/mol. The van der Waals surface area contributed by atoms with Crippen molar-refractivity contribution in [3.8, 4) is 0 Å². The number of hydrogen-bond acceptors (Lipinski definition) is 5. The minimum atomic E-state index is -0.246. The SMILES string of the molecule is O=C(Nc1ccccc1)N1CCN(c2nc(Cc3ccc(F)cc3)ns2)CC1. The van der Waals surface area contributed by atoms with Gasteiger partial charge in [0.15, 0.2) is 0 Å². The first-order valence-electron chi connectivity index (χ1n) is 9.10. The molecule has 1 N–H and O–H groups in total. The van der Waals surface area contributed by atoms with Crippen LogP contribution in [0.1, 0.15) is 11.4 Å². The number of rotatable bonds is 4. The molecule has 144 valence electrons. The molecular weight excluding hydrogens is 377 g/mol. The van der Waals surface area contributed by atoms with Crippen LogP contribution in [0.25, 0.3) is 0 Å². The van der Waals surface area contributed by atoms with Gasteiger partial charge < -0.3 is 15.1 Å². The topological polar surface area (TPSA) is 61.4 Å². The molecule has 0 spiro atoms. The molecule has 0 unspecified atom stereocenters. The molecule has 0 saturated carbocycles. The Kier molecular flexibility index (Phi) is 5.48. The molecule has 1 fully saturated rings. The molecule has 8 heteroatoms. The lowest BCUT2D eigenvalue weighted by atomic mass is 10.1. The van der Waals surface area contributed by atoms with E-state index in [1.165, 1.54) is 23.7 Å². The highest BCUT2D eigenvalue weighted by atomic mass is 32.1. The number of carbonyl (C=O) groups is 1. The second kappa shape index (κ2) is 8.35. The molecule has 4 rings (SSSR count). The van der Waals surface area contributed by atoms with Crippen LogP contribution >= 0.6 is 11.5 Å². The number of halogens is 1.